The Morgan fingerprint density at radius 2 is 1.96 bits per heavy atom. The van der Waals surface area contributed by atoms with E-state index in [9.17, 15) is 4.79 Å². The molecule has 0 unspecified atom stereocenters. The number of nitrogens with zero attached hydrogens (tertiary/aromatic N) is 4. The maximum Gasteiger partial charge on any atom is 0.225 e. The Hall–Kier alpha value is -2.21. The first-order chi connectivity index (χ1) is 12.8. The van der Waals surface area contributed by atoms with Crippen molar-refractivity contribution >= 4 is 5.91 Å². The van der Waals surface area contributed by atoms with Gasteiger partial charge in [0, 0.05) is 69.5 Å². The lowest BCUT2D eigenvalue weighted by Crippen LogP contribution is -2.44. The van der Waals surface area contributed by atoms with Crippen molar-refractivity contribution in [3.63, 3.8) is 0 Å². The van der Waals surface area contributed by atoms with Crippen molar-refractivity contribution in [2.24, 2.45) is 5.92 Å². The first-order valence-corrected chi connectivity index (χ1v) is 9.58. The number of hydrogen-bond acceptors (Lipinski definition) is 4. The Labute approximate surface area is 154 Å². The Morgan fingerprint density at radius 3 is 2.77 bits per heavy atom. The summed E-state index contributed by atoms with van der Waals surface area (Å²) in [5, 5.41) is 0. The summed E-state index contributed by atoms with van der Waals surface area (Å²) in [6, 6.07) is 4.07. The molecule has 0 aromatic carbocycles. The molecule has 2 fully saturated rings. The molecule has 0 N–H and O–H groups in total. The van der Waals surface area contributed by atoms with Gasteiger partial charge in [0.05, 0.1) is 0 Å². The number of aromatic nitrogens is 3. The molecule has 0 aliphatic carbocycles. The molecule has 138 valence electrons. The monoisotopic (exact) mass is 354 g/mol. The summed E-state index contributed by atoms with van der Waals surface area (Å²) in [4.78, 5) is 23.7. The summed E-state index contributed by atoms with van der Waals surface area (Å²) in [5.74, 6) is 1.85. The smallest absolute Gasteiger partial charge is 0.225 e. The van der Waals surface area contributed by atoms with E-state index in [-0.39, 0.29) is 5.92 Å². The number of amides is 1. The minimum atomic E-state index is 0.138. The van der Waals surface area contributed by atoms with Crippen LogP contribution in [0.15, 0.2) is 36.9 Å². The molecule has 6 nitrogen and oxygen atoms in total. The molecule has 2 aromatic rings. The van der Waals surface area contributed by atoms with Crippen molar-refractivity contribution in [1.29, 1.82) is 0 Å². The lowest BCUT2D eigenvalue weighted by atomic mass is 9.93. The zero-order chi connectivity index (χ0) is 17.8. The lowest BCUT2D eigenvalue weighted by Gasteiger charge is -2.35. The summed E-state index contributed by atoms with van der Waals surface area (Å²) in [6.07, 6.45) is 11.4. The predicted molar refractivity (Wildman–Crippen MR) is 97.7 cm³/mol. The minimum absolute atomic E-state index is 0.138. The van der Waals surface area contributed by atoms with Gasteiger partial charge in [0.25, 0.3) is 0 Å². The van der Waals surface area contributed by atoms with Crippen molar-refractivity contribution in [2.75, 3.05) is 26.3 Å². The van der Waals surface area contributed by atoms with Crippen LogP contribution in [-0.2, 0) is 16.1 Å². The summed E-state index contributed by atoms with van der Waals surface area (Å²) in [5.41, 5.74) is 1.21. The van der Waals surface area contributed by atoms with Gasteiger partial charge in [0.1, 0.15) is 5.82 Å². The van der Waals surface area contributed by atoms with Gasteiger partial charge >= 0.3 is 0 Å². The van der Waals surface area contributed by atoms with E-state index >= 15 is 0 Å². The number of ether oxygens (including phenoxy) is 1. The molecule has 0 spiro atoms. The molecular formula is C20H26N4O2. The average molecular weight is 354 g/mol. The molecule has 0 saturated carbocycles. The van der Waals surface area contributed by atoms with Gasteiger partial charge in [-0.15, -0.1) is 0 Å². The third-order valence-electron chi connectivity index (χ3n) is 5.52. The van der Waals surface area contributed by atoms with Crippen LogP contribution in [0, 0.1) is 5.92 Å². The number of pyridine rings is 1. The highest BCUT2D eigenvalue weighted by molar-refractivity contribution is 5.79. The van der Waals surface area contributed by atoms with E-state index in [0.717, 1.165) is 51.1 Å². The number of carbonyl (C=O) groups is 1. The quantitative estimate of drug-likeness (QED) is 0.846. The van der Waals surface area contributed by atoms with Crippen LogP contribution in [0.3, 0.4) is 0 Å². The molecule has 0 bridgehead atoms. The van der Waals surface area contributed by atoms with Gasteiger partial charge in [-0.05, 0) is 43.4 Å². The molecule has 4 heterocycles. The fourth-order valence-corrected chi connectivity index (χ4v) is 4.09. The summed E-state index contributed by atoms with van der Waals surface area (Å²) in [7, 11) is 0. The molecule has 2 aromatic heterocycles. The van der Waals surface area contributed by atoms with Crippen LogP contribution in [0.2, 0.25) is 0 Å². The third kappa shape index (κ3) is 3.80. The van der Waals surface area contributed by atoms with Gasteiger partial charge in [-0.1, -0.05) is 0 Å². The molecule has 2 aliphatic heterocycles. The van der Waals surface area contributed by atoms with Crippen molar-refractivity contribution in [3.05, 3.63) is 48.3 Å². The zero-order valence-corrected chi connectivity index (χ0v) is 15.1. The molecule has 26 heavy (non-hydrogen) atoms. The normalized spacial score (nSPS) is 21.7. The molecule has 6 heteroatoms. The molecular weight excluding hydrogens is 328 g/mol. The van der Waals surface area contributed by atoms with E-state index in [4.69, 9.17) is 4.74 Å². The third-order valence-corrected chi connectivity index (χ3v) is 5.52. The van der Waals surface area contributed by atoms with Crippen molar-refractivity contribution in [3.8, 4) is 0 Å². The topological polar surface area (TPSA) is 60.2 Å². The second kappa shape index (κ2) is 7.99. The van der Waals surface area contributed by atoms with E-state index in [1.54, 1.807) is 0 Å². The summed E-state index contributed by atoms with van der Waals surface area (Å²) in [6.45, 7) is 3.87. The zero-order valence-electron chi connectivity index (χ0n) is 15.1. The highest BCUT2D eigenvalue weighted by atomic mass is 16.5. The van der Waals surface area contributed by atoms with Crippen LogP contribution in [-0.4, -0.2) is 51.6 Å². The Morgan fingerprint density at radius 1 is 1.15 bits per heavy atom. The van der Waals surface area contributed by atoms with Crippen LogP contribution in [0.25, 0.3) is 0 Å². The number of rotatable bonds is 4. The van der Waals surface area contributed by atoms with Gasteiger partial charge < -0.3 is 14.2 Å². The maximum absolute atomic E-state index is 12.9. The lowest BCUT2D eigenvalue weighted by molar-refractivity contribution is -0.139. The first kappa shape index (κ1) is 17.2. The second-order valence-corrected chi connectivity index (χ2v) is 7.28. The number of imidazole rings is 1. The van der Waals surface area contributed by atoms with E-state index < -0.39 is 0 Å². The Balaban J connectivity index is 1.45. The van der Waals surface area contributed by atoms with Crippen LogP contribution in [0.5, 0.6) is 0 Å². The van der Waals surface area contributed by atoms with Crippen LogP contribution < -0.4 is 0 Å². The summed E-state index contributed by atoms with van der Waals surface area (Å²) >= 11 is 0. The van der Waals surface area contributed by atoms with E-state index in [0.29, 0.717) is 25.0 Å². The van der Waals surface area contributed by atoms with Gasteiger partial charge in [-0.2, -0.15) is 0 Å². The largest absolute Gasteiger partial charge is 0.381 e. The molecule has 1 atom stereocenters. The van der Waals surface area contributed by atoms with E-state index in [1.165, 1.54) is 5.56 Å². The Kier molecular flexibility index (Phi) is 5.29. The first-order valence-electron chi connectivity index (χ1n) is 9.58. The van der Waals surface area contributed by atoms with Gasteiger partial charge in [-0.3, -0.25) is 9.78 Å². The number of carbonyl (C=O) groups excluding carboxylic acids is 1. The highest BCUT2D eigenvalue weighted by Gasteiger charge is 2.31. The maximum atomic E-state index is 12.9. The number of piperidine rings is 1. The van der Waals surface area contributed by atoms with Crippen molar-refractivity contribution in [2.45, 2.75) is 38.1 Å². The van der Waals surface area contributed by atoms with E-state index in [1.807, 2.05) is 36.9 Å². The highest BCUT2D eigenvalue weighted by Crippen LogP contribution is 2.28. The standard InChI is InChI=1S/C20H26N4O2/c25-20(17-5-12-26-13-6-17)24-10-1-2-18(15-24)19-22-9-11-23(19)14-16-3-7-21-8-4-16/h3-4,7-9,11,17-18H,1-2,5-6,10,12-15H2/t18-/m0/s1. The molecule has 1 amide bonds. The fourth-order valence-electron chi connectivity index (χ4n) is 4.09. The predicted octanol–water partition coefficient (Wildman–Crippen LogP) is 2.46. The molecule has 4 rings (SSSR count). The molecule has 2 saturated heterocycles. The summed E-state index contributed by atoms with van der Waals surface area (Å²) < 4.78 is 7.61. The van der Waals surface area contributed by atoms with Gasteiger partial charge in [-0.25, -0.2) is 4.98 Å². The van der Waals surface area contributed by atoms with Crippen LogP contribution in [0.4, 0.5) is 0 Å². The molecule has 0 radical (unpaired) electrons. The second-order valence-electron chi connectivity index (χ2n) is 7.28. The SMILES string of the molecule is O=C(C1CCOCC1)N1CCC[C@H](c2nccn2Cc2ccncc2)C1. The average Bonchev–Trinajstić information content (AvgIpc) is 3.17. The number of hydrogen-bond donors (Lipinski definition) is 0. The van der Waals surface area contributed by atoms with Gasteiger partial charge in [0.15, 0.2) is 0 Å². The van der Waals surface area contributed by atoms with Gasteiger partial charge in [0.2, 0.25) is 5.91 Å². The Bertz CT molecular complexity index is 724. The number of likely N-dealkylation sites (tertiary alicyclic amines) is 1. The molecule has 2 aliphatic rings. The van der Waals surface area contributed by atoms with Crippen molar-refractivity contribution < 1.29 is 9.53 Å². The van der Waals surface area contributed by atoms with Crippen LogP contribution >= 0.6 is 0 Å². The van der Waals surface area contributed by atoms with E-state index in [2.05, 4.69) is 19.4 Å². The van der Waals surface area contributed by atoms with Crippen molar-refractivity contribution in [1.82, 2.24) is 19.4 Å². The fraction of sp³-hybridized carbons (Fsp3) is 0.550. The minimum Gasteiger partial charge on any atom is -0.381 e. The van der Waals surface area contributed by atoms with Crippen LogP contribution in [0.1, 0.15) is 43.0 Å².